The molecule has 1 atom stereocenters. The minimum atomic E-state index is -0.421. The van der Waals surface area contributed by atoms with E-state index in [0.717, 1.165) is 5.57 Å². The van der Waals surface area contributed by atoms with E-state index < -0.39 is 6.04 Å². The zero-order valence-electron chi connectivity index (χ0n) is 9.39. The fourth-order valence-electron chi connectivity index (χ4n) is 1.50. The summed E-state index contributed by atoms with van der Waals surface area (Å²) >= 11 is 5.93. The molecule has 0 saturated carbocycles. The number of halogens is 3. The second-order valence-electron chi connectivity index (χ2n) is 3.86. The van der Waals surface area contributed by atoms with Gasteiger partial charge in [-0.3, -0.25) is 0 Å². The average molecular weight is 264 g/mol. The van der Waals surface area contributed by atoms with Crippen LogP contribution in [0, 0.1) is 12.7 Å². The molecule has 0 saturated heterocycles. The van der Waals surface area contributed by atoms with Crippen LogP contribution >= 0.6 is 24.0 Å². The summed E-state index contributed by atoms with van der Waals surface area (Å²) in [4.78, 5) is 0. The van der Waals surface area contributed by atoms with Gasteiger partial charge in [0.15, 0.2) is 0 Å². The maximum absolute atomic E-state index is 13.8. The molecule has 4 heteroatoms. The van der Waals surface area contributed by atoms with Gasteiger partial charge in [0, 0.05) is 16.6 Å². The molecule has 1 nitrogen and oxygen atoms in total. The van der Waals surface area contributed by atoms with Gasteiger partial charge in [0.1, 0.15) is 5.82 Å². The van der Waals surface area contributed by atoms with Crippen LogP contribution in [0.3, 0.4) is 0 Å². The zero-order chi connectivity index (χ0) is 11.6. The highest BCUT2D eigenvalue weighted by molar-refractivity contribution is 6.31. The van der Waals surface area contributed by atoms with Crippen LogP contribution in [0.5, 0.6) is 0 Å². The number of hydrogen-bond acceptors (Lipinski definition) is 1. The molecule has 16 heavy (non-hydrogen) atoms. The molecule has 0 heterocycles. The zero-order valence-corrected chi connectivity index (χ0v) is 11.0. The van der Waals surface area contributed by atoms with E-state index in [1.807, 2.05) is 6.92 Å². The second-order valence-corrected chi connectivity index (χ2v) is 4.27. The Balaban J connectivity index is 0.00000225. The third kappa shape index (κ3) is 3.48. The van der Waals surface area contributed by atoms with Gasteiger partial charge in [0.2, 0.25) is 0 Å². The van der Waals surface area contributed by atoms with Gasteiger partial charge in [-0.15, -0.1) is 19.0 Å². The van der Waals surface area contributed by atoms with Crippen molar-refractivity contribution in [2.45, 2.75) is 26.3 Å². The van der Waals surface area contributed by atoms with E-state index in [0.29, 0.717) is 22.6 Å². The van der Waals surface area contributed by atoms with Gasteiger partial charge in [-0.1, -0.05) is 23.2 Å². The molecule has 0 radical (unpaired) electrons. The Hall–Kier alpha value is -0.570. The Morgan fingerprint density at radius 1 is 1.56 bits per heavy atom. The van der Waals surface area contributed by atoms with Gasteiger partial charge in [-0.05, 0) is 31.9 Å². The van der Waals surface area contributed by atoms with Crippen LogP contribution in [0.4, 0.5) is 4.39 Å². The van der Waals surface area contributed by atoms with Crippen molar-refractivity contribution in [2.75, 3.05) is 0 Å². The average Bonchev–Trinajstić information content (AvgIpc) is 2.11. The van der Waals surface area contributed by atoms with Gasteiger partial charge < -0.3 is 5.73 Å². The minimum absolute atomic E-state index is 0. The Morgan fingerprint density at radius 3 is 2.62 bits per heavy atom. The summed E-state index contributed by atoms with van der Waals surface area (Å²) in [6.07, 6.45) is 0.542. The first kappa shape index (κ1) is 15.4. The lowest BCUT2D eigenvalue weighted by molar-refractivity contribution is 0.572. The normalized spacial score (nSPS) is 11.8. The largest absolute Gasteiger partial charge is 0.324 e. The van der Waals surface area contributed by atoms with Crippen molar-refractivity contribution >= 4 is 24.0 Å². The number of benzene rings is 1. The van der Waals surface area contributed by atoms with Gasteiger partial charge in [0.05, 0.1) is 0 Å². The molecular formula is C12H16Cl2FN. The lowest BCUT2D eigenvalue weighted by Gasteiger charge is -2.15. The summed E-state index contributed by atoms with van der Waals surface area (Å²) in [6, 6.07) is 2.90. The molecule has 1 aromatic rings. The van der Waals surface area contributed by atoms with Gasteiger partial charge in [-0.25, -0.2) is 4.39 Å². The molecule has 0 bridgehead atoms. The standard InChI is InChI=1S/C12H15ClFN.ClH/c1-7(2)6-10(15)11-9(13)5-4-8(3)12(11)14;/h4-5,10H,1,6,15H2,2-3H3;1H/t10-;/m1./s1. The van der Waals surface area contributed by atoms with Crippen LogP contribution in [0.25, 0.3) is 0 Å². The van der Waals surface area contributed by atoms with Crippen molar-refractivity contribution in [1.29, 1.82) is 0 Å². The van der Waals surface area contributed by atoms with E-state index in [9.17, 15) is 4.39 Å². The maximum Gasteiger partial charge on any atom is 0.132 e. The highest BCUT2D eigenvalue weighted by Gasteiger charge is 2.16. The summed E-state index contributed by atoms with van der Waals surface area (Å²) in [5.74, 6) is -0.309. The summed E-state index contributed by atoms with van der Waals surface area (Å²) in [5.41, 5.74) is 7.75. The van der Waals surface area contributed by atoms with E-state index in [1.165, 1.54) is 0 Å². The number of aryl methyl sites for hydroxylation is 1. The molecule has 90 valence electrons. The lowest BCUT2D eigenvalue weighted by atomic mass is 9.99. The SMILES string of the molecule is C=C(C)C[C@@H](N)c1c(Cl)ccc(C)c1F.Cl. The van der Waals surface area contributed by atoms with Crippen molar-refractivity contribution < 1.29 is 4.39 Å². The number of hydrogen-bond donors (Lipinski definition) is 1. The molecule has 0 unspecified atom stereocenters. The number of nitrogens with two attached hydrogens (primary N) is 1. The molecule has 1 rings (SSSR count). The Bertz CT molecular complexity index is 391. The summed E-state index contributed by atoms with van der Waals surface area (Å²) in [7, 11) is 0. The topological polar surface area (TPSA) is 26.0 Å². The molecule has 0 aliphatic rings. The van der Waals surface area contributed by atoms with Gasteiger partial charge in [-0.2, -0.15) is 0 Å². The highest BCUT2D eigenvalue weighted by Crippen LogP contribution is 2.29. The maximum atomic E-state index is 13.8. The van der Waals surface area contributed by atoms with Crippen LogP contribution in [-0.2, 0) is 0 Å². The van der Waals surface area contributed by atoms with E-state index in [-0.39, 0.29) is 18.2 Å². The predicted molar refractivity (Wildman–Crippen MR) is 69.8 cm³/mol. The molecule has 2 N–H and O–H groups in total. The van der Waals surface area contributed by atoms with E-state index in [1.54, 1.807) is 19.1 Å². The highest BCUT2D eigenvalue weighted by atomic mass is 35.5. The lowest BCUT2D eigenvalue weighted by Crippen LogP contribution is -2.13. The third-order valence-corrected chi connectivity index (χ3v) is 2.59. The Labute approximate surface area is 107 Å². The van der Waals surface area contributed by atoms with Gasteiger partial charge >= 0.3 is 0 Å². The Morgan fingerprint density at radius 2 is 2.12 bits per heavy atom. The second kappa shape index (κ2) is 6.24. The Kier molecular flexibility index (Phi) is 6.01. The monoisotopic (exact) mass is 263 g/mol. The first-order valence-electron chi connectivity index (χ1n) is 4.78. The summed E-state index contributed by atoms with van der Waals surface area (Å²) < 4.78 is 13.8. The number of rotatable bonds is 3. The minimum Gasteiger partial charge on any atom is -0.324 e. The quantitative estimate of drug-likeness (QED) is 0.814. The smallest absolute Gasteiger partial charge is 0.132 e. The van der Waals surface area contributed by atoms with E-state index >= 15 is 0 Å². The van der Waals surface area contributed by atoms with Crippen LogP contribution in [0.15, 0.2) is 24.3 Å². The van der Waals surface area contributed by atoms with Crippen molar-refractivity contribution in [3.8, 4) is 0 Å². The molecule has 1 aromatic carbocycles. The fourth-order valence-corrected chi connectivity index (χ4v) is 1.78. The van der Waals surface area contributed by atoms with Crippen LogP contribution in [0.2, 0.25) is 5.02 Å². The van der Waals surface area contributed by atoms with Crippen LogP contribution in [0.1, 0.15) is 30.5 Å². The molecule has 0 aromatic heterocycles. The van der Waals surface area contributed by atoms with Crippen molar-refractivity contribution in [3.05, 3.63) is 46.3 Å². The first-order valence-corrected chi connectivity index (χ1v) is 5.15. The third-order valence-electron chi connectivity index (χ3n) is 2.26. The molecule has 0 aliphatic heterocycles. The van der Waals surface area contributed by atoms with Crippen molar-refractivity contribution in [3.63, 3.8) is 0 Å². The molecule has 0 spiro atoms. The van der Waals surface area contributed by atoms with Crippen molar-refractivity contribution in [1.82, 2.24) is 0 Å². The fraction of sp³-hybridized carbons (Fsp3) is 0.333. The molecule has 0 fully saturated rings. The summed E-state index contributed by atoms with van der Waals surface area (Å²) in [6.45, 7) is 7.32. The van der Waals surface area contributed by atoms with Crippen LogP contribution < -0.4 is 5.73 Å². The summed E-state index contributed by atoms with van der Waals surface area (Å²) in [5, 5.41) is 0.381. The molecular weight excluding hydrogens is 248 g/mol. The van der Waals surface area contributed by atoms with Crippen LogP contribution in [-0.4, -0.2) is 0 Å². The van der Waals surface area contributed by atoms with Crippen molar-refractivity contribution in [2.24, 2.45) is 5.73 Å². The molecule has 0 amide bonds. The first-order chi connectivity index (χ1) is 6.93. The van der Waals surface area contributed by atoms with E-state index in [4.69, 9.17) is 17.3 Å². The molecule has 0 aliphatic carbocycles. The van der Waals surface area contributed by atoms with E-state index in [2.05, 4.69) is 6.58 Å². The predicted octanol–water partition coefficient (Wildman–Crippen LogP) is 4.18. The van der Waals surface area contributed by atoms with Gasteiger partial charge in [0.25, 0.3) is 0 Å².